The molecule has 3 aromatic heterocycles. The summed E-state index contributed by atoms with van der Waals surface area (Å²) in [5.41, 5.74) is 7.95. The highest BCUT2D eigenvalue weighted by Crippen LogP contribution is 2.28. The number of fused-ring (bicyclic) bond motifs is 1. The largest absolute Gasteiger partial charge is 0.383 e. The molecule has 3 rings (SSSR count). The zero-order valence-electron chi connectivity index (χ0n) is 13.0. The van der Waals surface area contributed by atoms with Gasteiger partial charge in [-0.15, -0.1) is 16.4 Å². The Hall–Kier alpha value is -1.19. The molecule has 0 aromatic carbocycles. The number of aromatic nitrogens is 3. The van der Waals surface area contributed by atoms with E-state index in [2.05, 4.69) is 37.4 Å². The lowest BCUT2D eigenvalue weighted by atomic mass is 10.1. The summed E-state index contributed by atoms with van der Waals surface area (Å²) in [6.07, 6.45) is 0.666. The molecule has 0 aliphatic carbocycles. The van der Waals surface area contributed by atoms with Gasteiger partial charge < -0.3 is 15.8 Å². The molecule has 3 aromatic rings. The van der Waals surface area contributed by atoms with Gasteiger partial charge in [-0.05, 0) is 57.0 Å². The van der Waals surface area contributed by atoms with E-state index in [1.807, 2.05) is 17.5 Å². The number of rotatable bonds is 7. The van der Waals surface area contributed by atoms with Gasteiger partial charge in [-0.2, -0.15) is 4.98 Å². The Morgan fingerprint density at radius 3 is 3.08 bits per heavy atom. The van der Waals surface area contributed by atoms with Gasteiger partial charge >= 0.3 is 0 Å². The van der Waals surface area contributed by atoms with Crippen molar-refractivity contribution in [2.45, 2.75) is 19.0 Å². The quantitative estimate of drug-likeness (QED) is 0.601. The molecule has 128 valence electrons. The van der Waals surface area contributed by atoms with Crippen LogP contribution in [-0.4, -0.2) is 34.4 Å². The molecule has 1 atom stereocenters. The van der Waals surface area contributed by atoms with E-state index in [1.165, 1.54) is 4.88 Å². The lowest BCUT2D eigenvalue weighted by molar-refractivity contribution is 0.180. The molecule has 3 heterocycles. The zero-order valence-corrected chi connectivity index (χ0v) is 16.2. The molecular weight excluding hydrogens is 414 g/mol. The van der Waals surface area contributed by atoms with Crippen molar-refractivity contribution in [1.82, 2.24) is 14.6 Å². The SMILES string of the molecule is COC[C@H](N)Cc1cc2c(NCc3cccs3)nc(Cl)nn2c1Br. The summed E-state index contributed by atoms with van der Waals surface area (Å²) < 4.78 is 7.67. The van der Waals surface area contributed by atoms with Gasteiger partial charge in [0.2, 0.25) is 5.28 Å². The minimum absolute atomic E-state index is 0.0883. The second kappa shape index (κ2) is 7.79. The molecule has 0 unspecified atom stereocenters. The molecule has 0 bridgehead atoms. The molecule has 0 spiro atoms. The number of nitrogens with two attached hydrogens (primary N) is 1. The van der Waals surface area contributed by atoms with Crippen molar-refractivity contribution in [2.24, 2.45) is 5.73 Å². The molecule has 0 saturated heterocycles. The van der Waals surface area contributed by atoms with Crippen LogP contribution in [0.4, 0.5) is 5.82 Å². The summed E-state index contributed by atoms with van der Waals surface area (Å²) in [7, 11) is 1.64. The van der Waals surface area contributed by atoms with Crippen molar-refractivity contribution >= 4 is 50.2 Å². The van der Waals surface area contributed by atoms with Crippen molar-refractivity contribution in [2.75, 3.05) is 19.0 Å². The average Bonchev–Trinajstić information content (AvgIpc) is 3.15. The number of thiophene rings is 1. The number of nitrogens with one attached hydrogen (secondary N) is 1. The van der Waals surface area contributed by atoms with Gasteiger partial charge in [0.1, 0.15) is 10.1 Å². The second-order valence-electron chi connectivity index (χ2n) is 5.34. The highest BCUT2D eigenvalue weighted by molar-refractivity contribution is 9.10. The third-order valence-corrected chi connectivity index (χ3v) is 5.37. The Labute approximate surface area is 157 Å². The van der Waals surface area contributed by atoms with Gasteiger partial charge in [-0.3, -0.25) is 0 Å². The third-order valence-electron chi connectivity index (χ3n) is 3.49. The van der Waals surface area contributed by atoms with E-state index in [0.717, 1.165) is 15.7 Å². The van der Waals surface area contributed by atoms with Crippen LogP contribution < -0.4 is 11.1 Å². The number of methoxy groups -OCH3 is 1. The second-order valence-corrected chi connectivity index (χ2v) is 7.46. The van der Waals surface area contributed by atoms with Crippen molar-refractivity contribution in [3.63, 3.8) is 0 Å². The van der Waals surface area contributed by atoms with Gasteiger partial charge in [0.15, 0.2) is 5.82 Å². The topological polar surface area (TPSA) is 77.5 Å². The maximum Gasteiger partial charge on any atom is 0.243 e. The minimum atomic E-state index is -0.0883. The number of hydrogen-bond donors (Lipinski definition) is 2. The Morgan fingerprint density at radius 2 is 2.38 bits per heavy atom. The summed E-state index contributed by atoms with van der Waals surface area (Å²) in [4.78, 5) is 5.54. The first-order valence-electron chi connectivity index (χ1n) is 7.33. The molecule has 6 nitrogen and oxygen atoms in total. The molecule has 0 radical (unpaired) electrons. The van der Waals surface area contributed by atoms with Crippen molar-refractivity contribution < 1.29 is 4.74 Å². The molecular formula is C15H17BrClN5OS. The van der Waals surface area contributed by atoms with E-state index >= 15 is 0 Å². The smallest absolute Gasteiger partial charge is 0.243 e. The number of halogens is 2. The number of anilines is 1. The summed E-state index contributed by atoms with van der Waals surface area (Å²) in [6.45, 7) is 1.18. The van der Waals surface area contributed by atoms with Crippen LogP contribution in [-0.2, 0) is 17.7 Å². The highest BCUT2D eigenvalue weighted by Gasteiger charge is 2.16. The number of hydrogen-bond acceptors (Lipinski definition) is 6. The van der Waals surface area contributed by atoms with Crippen molar-refractivity contribution in [3.8, 4) is 0 Å². The summed E-state index contributed by atoms with van der Waals surface area (Å²) >= 11 is 11.3. The van der Waals surface area contributed by atoms with E-state index in [4.69, 9.17) is 22.1 Å². The van der Waals surface area contributed by atoms with E-state index in [-0.39, 0.29) is 11.3 Å². The van der Waals surface area contributed by atoms with E-state index in [1.54, 1.807) is 23.0 Å². The van der Waals surface area contributed by atoms with Crippen LogP contribution in [0.3, 0.4) is 0 Å². The number of nitrogens with zero attached hydrogens (tertiary/aromatic N) is 3. The third kappa shape index (κ3) is 3.89. The molecule has 0 fully saturated rings. The first-order valence-corrected chi connectivity index (χ1v) is 9.38. The molecule has 0 amide bonds. The monoisotopic (exact) mass is 429 g/mol. The van der Waals surface area contributed by atoms with Crippen LogP contribution in [0, 0.1) is 0 Å². The first-order chi connectivity index (χ1) is 11.6. The Bertz CT molecular complexity index is 823. The first kappa shape index (κ1) is 17.6. The maximum absolute atomic E-state index is 6.08. The highest BCUT2D eigenvalue weighted by atomic mass is 79.9. The van der Waals surface area contributed by atoms with E-state index in [0.29, 0.717) is 25.4 Å². The minimum Gasteiger partial charge on any atom is -0.383 e. The van der Waals surface area contributed by atoms with Gasteiger partial charge in [-0.1, -0.05) is 6.07 Å². The van der Waals surface area contributed by atoms with Crippen LogP contribution in [0.15, 0.2) is 28.2 Å². The molecule has 9 heteroatoms. The fourth-order valence-corrected chi connectivity index (χ4v) is 3.81. The van der Waals surface area contributed by atoms with Gasteiger partial charge in [0, 0.05) is 18.0 Å². The lowest BCUT2D eigenvalue weighted by Crippen LogP contribution is -2.27. The normalized spacial score (nSPS) is 12.7. The van der Waals surface area contributed by atoms with E-state index < -0.39 is 0 Å². The van der Waals surface area contributed by atoms with Crippen LogP contribution >= 0.6 is 38.9 Å². The number of ether oxygens (including phenoxy) is 1. The summed E-state index contributed by atoms with van der Waals surface area (Å²) in [5.74, 6) is 0.690. The molecule has 0 aliphatic heterocycles. The standard InChI is InChI=1S/C15H17BrClN5OS/c1-23-8-10(18)5-9-6-12-14(19-7-11-3-2-4-24-11)20-15(17)21-22(12)13(9)16/h2-4,6,10H,5,7-8,18H2,1H3,(H,19,20,21)/t10-/m1/s1. The average molecular weight is 431 g/mol. The van der Waals surface area contributed by atoms with Crippen molar-refractivity contribution in [1.29, 1.82) is 0 Å². The van der Waals surface area contributed by atoms with Crippen LogP contribution in [0.1, 0.15) is 10.4 Å². The fraction of sp³-hybridized carbons (Fsp3) is 0.333. The van der Waals surface area contributed by atoms with Crippen LogP contribution in [0.5, 0.6) is 0 Å². The van der Waals surface area contributed by atoms with Gasteiger partial charge in [-0.25, -0.2) is 4.52 Å². The predicted molar refractivity (Wildman–Crippen MR) is 101 cm³/mol. The predicted octanol–water partition coefficient (Wildman–Crippen LogP) is 3.34. The Balaban J connectivity index is 1.91. The molecule has 0 aliphatic rings. The van der Waals surface area contributed by atoms with Gasteiger partial charge in [0.25, 0.3) is 0 Å². The lowest BCUT2D eigenvalue weighted by Gasteiger charge is -2.08. The van der Waals surface area contributed by atoms with E-state index in [9.17, 15) is 0 Å². The van der Waals surface area contributed by atoms with Gasteiger partial charge in [0.05, 0.1) is 13.2 Å². The van der Waals surface area contributed by atoms with Crippen LogP contribution in [0.25, 0.3) is 5.52 Å². The summed E-state index contributed by atoms with van der Waals surface area (Å²) in [6, 6.07) is 6.02. The Kier molecular flexibility index (Phi) is 5.72. The molecule has 3 N–H and O–H groups in total. The van der Waals surface area contributed by atoms with Crippen molar-refractivity contribution in [3.05, 3.63) is 43.9 Å². The molecule has 24 heavy (non-hydrogen) atoms. The maximum atomic E-state index is 6.08. The van der Waals surface area contributed by atoms with Crippen LogP contribution in [0.2, 0.25) is 5.28 Å². The molecule has 0 saturated carbocycles. The fourth-order valence-electron chi connectivity index (χ4n) is 2.46. The summed E-state index contributed by atoms with van der Waals surface area (Å²) in [5, 5.41) is 9.82. The Morgan fingerprint density at radius 1 is 1.54 bits per heavy atom. The zero-order chi connectivity index (χ0) is 17.1.